The van der Waals surface area contributed by atoms with Crippen LogP contribution in [0.5, 0.6) is 0 Å². The number of hydrogen-bond donors (Lipinski definition) is 2. The van der Waals surface area contributed by atoms with Gasteiger partial charge in [0.1, 0.15) is 17.4 Å². The maximum absolute atomic E-state index is 13.0. The largest absolute Gasteiger partial charge is 0.356 e. The second-order valence-electron chi connectivity index (χ2n) is 6.61. The van der Waals surface area contributed by atoms with Gasteiger partial charge in [-0.1, -0.05) is 35.6 Å². The van der Waals surface area contributed by atoms with Gasteiger partial charge in [-0.05, 0) is 41.5 Å². The van der Waals surface area contributed by atoms with Gasteiger partial charge in [0.25, 0.3) is 0 Å². The number of carbonyl (C=O) groups excluding carboxylic acids is 1. The summed E-state index contributed by atoms with van der Waals surface area (Å²) in [6.07, 6.45) is 3.99. The van der Waals surface area contributed by atoms with Crippen molar-refractivity contribution in [2.75, 3.05) is 10.6 Å². The first-order valence-corrected chi connectivity index (χ1v) is 10.1. The highest BCUT2D eigenvalue weighted by molar-refractivity contribution is 7.15. The maximum atomic E-state index is 13.0. The first-order chi connectivity index (χ1) is 14.6. The van der Waals surface area contributed by atoms with Crippen molar-refractivity contribution in [3.05, 3.63) is 88.9 Å². The molecule has 2 aromatic heterocycles. The van der Waals surface area contributed by atoms with Crippen LogP contribution in [0, 0.1) is 5.82 Å². The number of halogens is 1. The average Bonchev–Trinajstić information content (AvgIpc) is 3.40. The van der Waals surface area contributed by atoms with Gasteiger partial charge < -0.3 is 10.6 Å². The molecule has 0 saturated carbocycles. The van der Waals surface area contributed by atoms with Gasteiger partial charge in [0.05, 0.1) is 0 Å². The summed E-state index contributed by atoms with van der Waals surface area (Å²) in [6.45, 7) is 0.713. The Kier molecular flexibility index (Phi) is 6.09. The van der Waals surface area contributed by atoms with Crippen LogP contribution in [0.25, 0.3) is 0 Å². The van der Waals surface area contributed by atoms with E-state index < -0.39 is 0 Å². The molecule has 0 aliphatic heterocycles. The molecule has 1 amide bonds. The predicted octanol–water partition coefficient (Wildman–Crippen LogP) is 3.72. The molecule has 0 saturated heterocycles. The van der Waals surface area contributed by atoms with Crippen molar-refractivity contribution in [2.24, 2.45) is 0 Å². The van der Waals surface area contributed by atoms with Gasteiger partial charge in [-0.25, -0.2) is 4.39 Å². The fourth-order valence-corrected chi connectivity index (χ4v) is 3.62. The van der Waals surface area contributed by atoms with Crippen LogP contribution in [0.2, 0.25) is 0 Å². The Morgan fingerprint density at radius 1 is 1.07 bits per heavy atom. The molecule has 4 aromatic rings. The van der Waals surface area contributed by atoms with Gasteiger partial charge in [0.15, 0.2) is 0 Å². The minimum Gasteiger partial charge on any atom is -0.356 e. The Labute approximate surface area is 176 Å². The molecular formula is C21H19FN6OS. The zero-order valence-corrected chi connectivity index (χ0v) is 16.8. The number of hydrogen-bond acceptors (Lipinski definition) is 6. The molecular weight excluding hydrogens is 403 g/mol. The van der Waals surface area contributed by atoms with Crippen LogP contribution < -0.4 is 10.6 Å². The standard InChI is InChI=1S/C21H19FN6OS/c22-17-7-5-15(6-8-17)12-20-26-27-21(30-20)23-13-16-3-1-4-18(11-16)25-19(29)14-28-10-2-9-24-28/h1-11H,12-14H2,(H,23,27)(H,25,29). The Morgan fingerprint density at radius 3 is 2.73 bits per heavy atom. The van der Waals surface area contributed by atoms with E-state index in [0.29, 0.717) is 18.1 Å². The quantitative estimate of drug-likeness (QED) is 0.452. The summed E-state index contributed by atoms with van der Waals surface area (Å²) in [5.41, 5.74) is 2.71. The first kappa shape index (κ1) is 19.7. The van der Waals surface area contributed by atoms with Crippen LogP contribution in [0.1, 0.15) is 16.1 Å². The maximum Gasteiger partial charge on any atom is 0.246 e. The lowest BCUT2D eigenvalue weighted by Gasteiger charge is -2.08. The van der Waals surface area contributed by atoms with Crippen LogP contribution in [-0.4, -0.2) is 25.9 Å². The molecule has 0 atom stereocenters. The molecule has 2 heterocycles. The minimum atomic E-state index is -0.252. The highest BCUT2D eigenvalue weighted by Crippen LogP contribution is 2.20. The number of carbonyl (C=O) groups is 1. The predicted molar refractivity (Wildman–Crippen MR) is 114 cm³/mol. The lowest BCUT2D eigenvalue weighted by Crippen LogP contribution is -2.19. The molecule has 152 valence electrons. The van der Waals surface area contributed by atoms with E-state index in [2.05, 4.69) is 25.9 Å². The molecule has 0 bridgehead atoms. The lowest BCUT2D eigenvalue weighted by molar-refractivity contribution is -0.116. The van der Waals surface area contributed by atoms with Crippen LogP contribution >= 0.6 is 11.3 Å². The molecule has 2 N–H and O–H groups in total. The molecule has 30 heavy (non-hydrogen) atoms. The lowest BCUT2D eigenvalue weighted by atomic mass is 10.2. The van der Waals surface area contributed by atoms with Crippen molar-refractivity contribution in [1.29, 1.82) is 0 Å². The number of benzene rings is 2. The van der Waals surface area contributed by atoms with Gasteiger partial charge in [-0.15, -0.1) is 10.2 Å². The Morgan fingerprint density at radius 2 is 1.93 bits per heavy atom. The third-order valence-corrected chi connectivity index (χ3v) is 5.14. The number of rotatable bonds is 8. The van der Waals surface area contributed by atoms with Crippen molar-refractivity contribution in [1.82, 2.24) is 20.0 Å². The molecule has 2 aromatic carbocycles. The van der Waals surface area contributed by atoms with E-state index in [1.165, 1.54) is 23.5 Å². The van der Waals surface area contributed by atoms with Crippen LogP contribution in [0.15, 0.2) is 67.0 Å². The summed E-state index contributed by atoms with van der Waals surface area (Å²) in [4.78, 5) is 12.1. The molecule has 7 nitrogen and oxygen atoms in total. The van der Waals surface area contributed by atoms with Crippen LogP contribution in [-0.2, 0) is 24.3 Å². The highest BCUT2D eigenvalue weighted by Gasteiger charge is 2.07. The Balaban J connectivity index is 1.30. The number of nitrogens with zero attached hydrogens (tertiary/aromatic N) is 4. The Hall–Kier alpha value is -3.59. The van der Waals surface area contributed by atoms with E-state index in [0.717, 1.165) is 21.8 Å². The van der Waals surface area contributed by atoms with E-state index in [-0.39, 0.29) is 18.3 Å². The molecule has 0 unspecified atom stereocenters. The SMILES string of the molecule is O=C(Cn1cccn1)Nc1cccc(CNc2nnc(Cc3ccc(F)cc3)s2)c1. The smallest absolute Gasteiger partial charge is 0.246 e. The zero-order chi connectivity index (χ0) is 20.8. The van der Waals surface area contributed by atoms with Crippen LogP contribution in [0.3, 0.4) is 0 Å². The summed E-state index contributed by atoms with van der Waals surface area (Å²) < 4.78 is 14.6. The summed E-state index contributed by atoms with van der Waals surface area (Å²) in [5.74, 6) is -0.392. The topological polar surface area (TPSA) is 84.7 Å². The number of nitrogens with one attached hydrogen (secondary N) is 2. The van der Waals surface area contributed by atoms with E-state index in [1.54, 1.807) is 35.3 Å². The highest BCUT2D eigenvalue weighted by atomic mass is 32.1. The first-order valence-electron chi connectivity index (χ1n) is 9.31. The van der Waals surface area contributed by atoms with Gasteiger partial charge >= 0.3 is 0 Å². The fraction of sp³-hybridized carbons (Fsp3) is 0.143. The number of anilines is 2. The summed E-state index contributed by atoms with van der Waals surface area (Å²) >= 11 is 1.46. The van der Waals surface area contributed by atoms with Gasteiger partial charge in [0, 0.05) is 31.0 Å². The number of aromatic nitrogens is 4. The second-order valence-corrected chi connectivity index (χ2v) is 7.67. The van der Waals surface area contributed by atoms with Crippen molar-refractivity contribution in [3.63, 3.8) is 0 Å². The van der Waals surface area contributed by atoms with E-state index in [4.69, 9.17) is 0 Å². The number of amides is 1. The molecule has 0 spiro atoms. The summed E-state index contributed by atoms with van der Waals surface area (Å²) in [7, 11) is 0. The van der Waals surface area contributed by atoms with E-state index >= 15 is 0 Å². The average molecular weight is 422 g/mol. The molecule has 0 fully saturated rings. The Bertz CT molecular complexity index is 1110. The van der Waals surface area contributed by atoms with Crippen molar-refractivity contribution >= 4 is 28.1 Å². The zero-order valence-electron chi connectivity index (χ0n) is 16.0. The fourth-order valence-electron chi connectivity index (χ4n) is 2.85. The van der Waals surface area contributed by atoms with Gasteiger partial charge in [-0.3, -0.25) is 9.48 Å². The third kappa shape index (κ3) is 5.48. The van der Waals surface area contributed by atoms with E-state index in [1.807, 2.05) is 24.3 Å². The molecule has 0 radical (unpaired) electrons. The normalized spacial score (nSPS) is 10.7. The monoisotopic (exact) mass is 422 g/mol. The molecule has 0 aliphatic carbocycles. The third-order valence-electron chi connectivity index (χ3n) is 4.25. The summed E-state index contributed by atoms with van der Waals surface area (Å²) in [5, 5.41) is 20.1. The van der Waals surface area contributed by atoms with E-state index in [9.17, 15) is 9.18 Å². The molecule has 9 heteroatoms. The molecule has 4 rings (SSSR count). The molecule has 0 aliphatic rings. The van der Waals surface area contributed by atoms with Crippen molar-refractivity contribution in [3.8, 4) is 0 Å². The van der Waals surface area contributed by atoms with Crippen LogP contribution in [0.4, 0.5) is 15.2 Å². The second kappa shape index (κ2) is 9.27. The van der Waals surface area contributed by atoms with Gasteiger partial charge in [-0.2, -0.15) is 5.10 Å². The van der Waals surface area contributed by atoms with Crippen molar-refractivity contribution < 1.29 is 9.18 Å². The summed E-state index contributed by atoms with van der Waals surface area (Å²) in [6, 6.07) is 15.8. The minimum absolute atomic E-state index is 0.140. The van der Waals surface area contributed by atoms with Gasteiger partial charge in [0.2, 0.25) is 11.0 Å². The van der Waals surface area contributed by atoms with Crippen molar-refractivity contribution in [2.45, 2.75) is 19.5 Å².